The second-order valence-corrected chi connectivity index (χ2v) is 3.94. The molecule has 1 aromatic carbocycles. The topological polar surface area (TPSA) is 102 Å². The van der Waals surface area contributed by atoms with E-state index in [0.29, 0.717) is 12.1 Å². The van der Waals surface area contributed by atoms with Gasteiger partial charge in [-0.1, -0.05) is 6.07 Å². The summed E-state index contributed by atoms with van der Waals surface area (Å²) in [5.41, 5.74) is 0.404. The molecule has 0 fully saturated rings. The van der Waals surface area contributed by atoms with Gasteiger partial charge in [0, 0.05) is 18.7 Å². The molecule has 1 unspecified atom stereocenters. The Labute approximate surface area is 105 Å². The van der Waals surface area contributed by atoms with Crippen molar-refractivity contribution in [1.29, 1.82) is 0 Å². The summed E-state index contributed by atoms with van der Waals surface area (Å²) in [7, 11) is 0. The van der Waals surface area contributed by atoms with E-state index >= 15 is 0 Å². The van der Waals surface area contributed by atoms with Gasteiger partial charge in [-0.05, 0) is 19.9 Å². The average molecular weight is 254 g/mol. The summed E-state index contributed by atoms with van der Waals surface area (Å²) in [6.45, 7) is 4.28. The Morgan fingerprint density at radius 2 is 1.94 bits per heavy atom. The van der Waals surface area contributed by atoms with Crippen LogP contribution >= 0.6 is 0 Å². The van der Waals surface area contributed by atoms with Crippen molar-refractivity contribution in [1.82, 2.24) is 10.6 Å². The highest BCUT2D eigenvalue weighted by atomic mass is 16.3. The molecule has 6 heteroatoms. The van der Waals surface area contributed by atoms with Crippen LogP contribution < -0.4 is 10.6 Å². The van der Waals surface area contributed by atoms with Crippen LogP contribution in [0.25, 0.3) is 0 Å². The van der Waals surface area contributed by atoms with Crippen molar-refractivity contribution in [3.63, 3.8) is 0 Å². The summed E-state index contributed by atoms with van der Waals surface area (Å²) in [5, 5.41) is 33.7. The molecule has 0 aliphatic rings. The van der Waals surface area contributed by atoms with E-state index in [1.165, 1.54) is 12.1 Å². The van der Waals surface area contributed by atoms with Crippen molar-refractivity contribution >= 4 is 5.91 Å². The van der Waals surface area contributed by atoms with Gasteiger partial charge in [-0.15, -0.1) is 0 Å². The quantitative estimate of drug-likeness (QED) is 0.490. The number of likely N-dealkylation sites (N-methyl/N-ethyl adjacent to an activating group) is 1. The Morgan fingerprint density at radius 3 is 2.56 bits per heavy atom. The van der Waals surface area contributed by atoms with E-state index in [1.54, 1.807) is 6.92 Å². The van der Waals surface area contributed by atoms with Gasteiger partial charge in [0.05, 0.1) is 6.04 Å². The van der Waals surface area contributed by atoms with E-state index in [1.807, 2.05) is 6.92 Å². The number of phenolic OH excluding ortho intramolecular Hbond substituents is 3. The number of aromatic hydroxyl groups is 3. The predicted molar refractivity (Wildman–Crippen MR) is 66.4 cm³/mol. The molecule has 6 nitrogen and oxygen atoms in total. The van der Waals surface area contributed by atoms with E-state index < -0.39 is 11.8 Å². The third kappa shape index (κ3) is 3.27. The van der Waals surface area contributed by atoms with Gasteiger partial charge in [-0.2, -0.15) is 0 Å². The van der Waals surface area contributed by atoms with E-state index in [2.05, 4.69) is 10.6 Å². The fraction of sp³-hybridized carbons (Fsp3) is 0.417. The Kier molecular flexibility index (Phi) is 4.79. The minimum absolute atomic E-state index is 0.139. The van der Waals surface area contributed by atoms with Crippen molar-refractivity contribution in [3.8, 4) is 17.2 Å². The van der Waals surface area contributed by atoms with Crippen molar-refractivity contribution in [2.45, 2.75) is 26.4 Å². The number of nitrogens with one attached hydrogen (secondary N) is 2. The van der Waals surface area contributed by atoms with Crippen molar-refractivity contribution in [3.05, 3.63) is 17.7 Å². The zero-order valence-corrected chi connectivity index (χ0v) is 10.4. The molecule has 1 aromatic rings. The molecule has 1 atom stereocenters. The molecule has 0 saturated carbocycles. The van der Waals surface area contributed by atoms with Crippen LogP contribution in [0.3, 0.4) is 0 Å². The van der Waals surface area contributed by atoms with Crippen LogP contribution in [0, 0.1) is 0 Å². The Balaban J connectivity index is 2.64. The first kappa shape index (κ1) is 14.1. The maximum atomic E-state index is 11.4. The van der Waals surface area contributed by atoms with Gasteiger partial charge in [-0.25, -0.2) is 0 Å². The number of amides is 1. The molecule has 0 aromatic heterocycles. The summed E-state index contributed by atoms with van der Waals surface area (Å²) in [5.74, 6) is -1.46. The monoisotopic (exact) mass is 254 g/mol. The third-order valence-corrected chi connectivity index (χ3v) is 2.56. The van der Waals surface area contributed by atoms with Crippen LogP contribution in [-0.4, -0.2) is 33.8 Å². The zero-order chi connectivity index (χ0) is 13.7. The SMILES string of the molecule is CCNC(=O)C(C)NCc1ccc(O)c(O)c1O. The standard InChI is InChI=1S/C12H18N2O4/c1-3-13-12(18)7(2)14-6-8-4-5-9(15)11(17)10(8)16/h4-5,7,14-17H,3,6H2,1-2H3,(H,13,18). The normalized spacial score (nSPS) is 12.1. The Bertz CT molecular complexity index is 434. The molecule has 0 radical (unpaired) electrons. The maximum absolute atomic E-state index is 11.4. The first-order valence-electron chi connectivity index (χ1n) is 5.71. The molecule has 0 aliphatic heterocycles. The van der Waals surface area contributed by atoms with Gasteiger partial charge in [0.15, 0.2) is 11.5 Å². The van der Waals surface area contributed by atoms with Gasteiger partial charge >= 0.3 is 0 Å². The molecule has 1 rings (SSSR count). The van der Waals surface area contributed by atoms with Gasteiger partial charge in [0.25, 0.3) is 0 Å². The fourth-order valence-corrected chi connectivity index (χ4v) is 1.44. The summed E-state index contributed by atoms with van der Waals surface area (Å²) in [6, 6.07) is 2.34. The molecule has 5 N–H and O–H groups in total. The number of hydrogen-bond acceptors (Lipinski definition) is 5. The van der Waals surface area contributed by atoms with Crippen LogP contribution in [0.5, 0.6) is 17.2 Å². The summed E-state index contributed by atoms with van der Waals surface area (Å²) in [4.78, 5) is 11.4. The molecule has 0 spiro atoms. The largest absolute Gasteiger partial charge is 0.504 e. The molecular weight excluding hydrogens is 236 g/mol. The lowest BCUT2D eigenvalue weighted by Gasteiger charge is -2.14. The second kappa shape index (κ2) is 6.11. The van der Waals surface area contributed by atoms with Gasteiger partial charge in [0.1, 0.15) is 0 Å². The van der Waals surface area contributed by atoms with Crippen LogP contribution in [0.2, 0.25) is 0 Å². The molecule has 0 bridgehead atoms. The molecule has 1 amide bonds. The minimum atomic E-state index is -0.556. The van der Waals surface area contributed by atoms with Crippen LogP contribution in [0.15, 0.2) is 12.1 Å². The zero-order valence-electron chi connectivity index (χ0n) is 10.4. The van der Waals surface area contributed by atoms with E-state index in [0.717, 1.165) is 0 Å². The van der Waals surface area contributed by atoms with Crippen molar-refractivity contribution in [2.75, 3.05) is 6.54 Å². The van der Waals surface area contributed by atoms with Crippen LogP contribution in [0.4, 0.5) is 0 Å². The smallest absolute Gasteiger partial charge is 0.236 e. The van der Waals surface area contributed by atoms with Crippen LogP contribution in [0.1, 0.15) is 19.4 Å². The van der Waals surface area contributed by atoms with Gasteiger partial charge < -0.3 is 26.0 Å². The number of carbonyl (C=O) groups excluding carboxylic acids is 1. The van der Waals surface area contributed by atoms with E-state index in [4.69, 9.17) is 5.11 Å². The summed E-state index contributed by atoms with van der Waals surface area (Å²) < 4.78 is 0. The average Bonchev–Trinajstić information content (AvgIpc) is 2.35. The molecule has 0 saturated heterocycles. The second-order valence-electron chi connectivity index (χ2n) is 3.94. The number of phenols is 3. The molecule has 0 aliphatic carbocycles. The lowest BCUT2D eigenvalue weighted by Crippen LogP contribution is -2.41. The lowest BCUT2D eigenvalue weighted by atomic mass is 10.1. The Hall–Kier alpha value is -1.95. The number of hydrogen-bond donors (Lipinski definition) is 5. The first-order valence-corrected chi connectivity index (χ1v) is 5.71. The molecule has 100 valence electrons. The predicted octanol–water partition coefficient (Wildman–Crippen LogP) is 0.418. The summed E-state index contributed by atoms with van der Waals surface area (Å²) in [6.07, 6.45) is 0. The number of benzene rings is 1. The van der Waals surface area contributed by atoms with Crippen molar-refractivity contribution in [2.24, 2.45) is 0 Å². The van der Waals surface area contributed by atoms with Gasteiger partial charge in [-0.3, -0.25) is 4.79 Å². The number of carbonyl (C=O) groups is 1. The minimum Gasteiger partial charge on any atom is -0.504 e. The van der Waals surface area contributed by atoms with E-state index in [9.17, 15) is 15.0 Å². The Morgan fingerprint density at radius 1 is 1.28 bits per heavy atom. The van der Waals surface area contributed by atoms with Crippen LogP contribution in [-0.2, 0) is 11.3 Å². The highest BCUT2D eigenvalue weighted by molar-refractivity contribution is 5.81. The van der Waals surface area contributed by atoms with Gasteiger partial charge in [0.2, 0.25) is 11.7 Å². The van der Waals surface area contributed by atoms with E-state index in [-0.39, 0.29) is 24.0 Å². The van der Waals surface area contributed by atoms with Crippen molar-refractivity contribution < 1.29 is 20.1 Å². The highest BCUT2D eigenvalue weighted by Crippen LogP contribution is 2.36. The molecule has 0 heterocycles. The summed E-state index contributed by atoms with van der Waals surface area (Å²) >= 11 is 0. The first-order chi connectivity index (χ1) is 8.47. The highest BCUT2D eigenvalue weighted by Gasteiger charge is 2.14. The number of rotatable bonds is 5. The lowest BCUT2D eigenvalue weighted by molar-refractivity contribution is -0.122. The third-order valence-electron chi connectivity index (χ3n) is 2.56. The molecular formula is C12H18N2O4. The molecule has 18 heavy (non-hydrogen) atoms. The fourth-order valence-electron chi connectivity index (χ4n) is 1.44. The maximum Gasteiger partial charge on any atom is 0.236 e.